The molecular weight excluding hydrogens is 352 g/mol. The van der Waals surface area contributed by atoms with Gasteiger partial charge < -0.3 is 0 Å². The van der Waals surface area contributed by atoms with Crippen LogP contribution in [0, 0.1) is 6.92 Å². The first-order chi connectivity index (χ1) is 12.0. The molecule has 1 saturated heterocycles. The molecule has 25 heavy (non-hydrogen) atoms. The van der Waals surface area contributed by atoms with Crippen LogP contribution in [-0.4, -0.2) is 30.8 Å². The number of benzene rings is 2. The van der Waals surface area contributed by atoms with Gasteiger partial charge in [0.1, 0.15) is 0 Å². The van der Waals surface area contributed by atoms with Crippen LogP contribution in [0.3, 0.4) is 0 Å². The van der Waals surface area contributed by atoms with Gasteiger partial charge in [-0.3, -0.25) is 0 Å². The van der Waals surface area contributed by atoms with Crippen molar-refractivity contribution in [2.45, 2.75) is 30.6 Å². The van der Waals surface area contributed by atoms with Crippen LogP contribution in [0.2, 0.25) is 0 Å². The van der Waals surface area contributed by atoms with E-state index in [2.05, 4.69) is 6.07 Å². The van der Waals surface area contributed by atoms with E-state index in [1.165, 1.54) is 0 Å². The summed E-state index contributed by atoms with van der Waals surface area (Å²) in [5.41, 5.74) is 2.06. The van der Waals surface area contributed by atoms with Crippen LogP contribution in [0.4, 0.5) is 0 Å². The van der Waals surface area contributed by atoms with E-state index in [9.17, 15) is 8.42 Å². The van der Waals surface area contributed by atoms with E-state index < -0.39 is 10.0 Å². The Bertz CT molecular complexity index is 961. The Balaban J connectivity index is 1.61. The highest BCUT2D eigenvalue weighted by Crippen LogP contribution is 2.34. The van der Waals surface area contributed by atoms with Gasteiger partial charge in [-0.25, -0.2) is 13.4 Å². The van der Waals surface area contributed by atoms with Crippen molar-refractivity contribution >= 4 is 31.6 Å². The lowest BCUT2D eigenvalue weighted by molar-refractivity contribution is 0.315. The molecule has 2 heterocycles. The van der Waals surface area contributed by atoms with Crippen molar-refractivity contribution in [1.82, 2.24) is 9.29 Å². The largest absolute Gasteiger partial charge is 0.243 e. The summed E-state index contributed by atoms with van der Waals surface area (Å²) >= 11 is 1.68. The van der Waals surface area contributed by atoms with E-state index in [4.69, 9.17) is 4.98 Å². The molecule has 0 radical (unpaired) electrons. The maximum atomic E-state index is 13.0. The van der Waals surface area contributed by atoms with E-state index in [1.807, 2.05) is 37.3 Å². The number of rotatable bonds is 3. The van der Waals surface area contributed by atoms with Crippen molar-refractivity contribution < 1.29 is 8.42 Å². The van der Waals surface area contributed by atoms with Gasteiger partial charge in [0.05, 0.1) is 20.1 Å². The minimum Gasteiger partial charge on any atom is -0.241 e. The summed E-state index contributed by atoms with van der Waals surface area (Å²) in [5.74, 6) is 0.173. The van der Waals surface area contributed by atoms with Gasteiger partial charge in [0, 0.05) is 19.0 Å². The third kappa shape index (κ3) is 3.21. The van der Waals surface area contributed by atoms with Crippen LogP contribution in [-0.2, 0) is 10.0 Å². The lowest BCUT2D eigenvalue weighted by Gasteiger charge is -2.31. The summed E-state index contributed by atoms with van der Waals surface area (Å²) in [4.78, 5) is 5.11. The molecule has 1 aliphatic rings. The Morgan fingerprint density at radius 1 is 1.12 bits per heavy atom. The molecule has 0 spiro atoms. The number of para-hydroxylation sites is 1. The monoisotopic (exact) mass is 372 g/mol. The highest BCUT2D eigenvalue weighted by Gasteiger charge is 2.32. The predicted molar refractivity (Wildman–Crippen MR) is 102 cm³/mol. The fourth-order valence-corrected chi connectivity index (χ4v) is 5.90. The number of hydrogen-bond donors (Lipinski definition) is 0. The van der Waals surface area contributed by atoms with Crippen molar-refractivity contribution in [2.75, 3.05) is 13.1 Å². The second-order valence-electron chi connectivity index (χ2n) is 6.54. The topological polar surface area (TPSA) is 50.3 Å². The first-order valence-corrected chi connectivity index (χ1v) is 10.7. The molecule has 0 amide bonds. The standard InChI is InChI=1S/C19H20N2O2S2/c1-14-8-10-16(11-9-14)25(22,23)21-12-4-5-15(13-21)19-20-17-6-2-3-7-18(17)24-19/h2-3,6-11,15H,4-5,12-13H2,1H3/t15-/m1/s1. The zero-order valence-corrected chi connectivity index (χ0v) is 15.7. The summed E-state index contributed by atoms with van der Waals surface area (Å²) in [6.45, 7) is 3.05. The van der Waals surface area contributed by atoms with Crippen molar-refractivity contribution in [2.24, 2.45) is 0 Å². The number of aromatic nitrogens is 1. The SMILES string of the molecule is Cc1ccc(S(=O)(=O)N2CCC[C@@H](c3nc4ccccc4s3)C2)cc1. The lowest BCUT2D eigenvalue weighted by atomic mass is 10.0. The van der Waals surface area contributed by atoms with Gasteiger partial charge in [-0.2, -0.15) is 4.31 Å². The number of sulfonamides is 1. The summed E-state index contributed by atoms with van der Waals surface area (Å²) in [6, 6.07) is 15.2. The van der Waals surface area contributed by atoms with Crippen molar-refractivity contribution in [3.05, 3.63) is 59.1 Å². The third-order valence-corrected chi connectivity index (χ3v) is 7.78. The summed E-state index contributed by atoms with van der Waals surface area (Å²) in [6.07, 6.45) is 1.85. The van der Waals surface area contributed by atoms with Crippen molar-refractivity contribution in [1.29, 1.82) is 0 Å². The van der Waals surface area contributed by atoms with E-state index >= 15 is 0 Å². The van der Waals surface area contributed by atoms with Gasteiger partial charge in [0.15, 0.2) is 0 Å². The first kappa shape index (κ1) is 16.7. The normalized spacial score (nSPS) is 19.3. The molecule has 1 aliphatic heterocycles. The number of nitrogens with zero attached hydrogens (tertiary/aromatic N) is 2. The number of thiazole rings is 1. The minimum absolute atomic E-state index is 0.173. The Morgan fingerprint density at radius 3 is 2.64 bits per heavy atom. The van der Waals surface area contributed by atoms with Gasteiger partial charge in [0.2, 0.25) is 10.0 Å². The number of aryl methyl sites for hydroxylation is 1. The Kier molecular flexibility index (Phi) is 4.35. The van der Waals surface area contributed by atoms with Gasteiger partial charge in [0.25, 0.3) is 0 Å². The molecule has 3 aromatic rings. The van der Waals surface area contributed by atoms with Gasteiger partial charge in [-0.1, -0.05) is 29.8 Å². The Hall–Kier alpha value is -1.76. The van der Waals surface area contributed by atoms with Crippen LogP contribution in [0.5, 0.6) is 0 Å². The van der Waals surface area contributed by atoms with Crippen LogP contribution in [0.15, 0.2) is 53.4 Å². The fourth-order valence-electron chi connectivity index (χ4n) is 3.29. The molecule has 4 nitrogen and oxygen atoms in total. The van der Waals surface area contributed by atoms with Crippen LogP contribution in [0.1, 0.15) is 29.3 Å². The molecule has 1 aromatic heterocycles. The predicted octanol–water partition coefficient (Wildman–Crippen LogP) is 4.17. The van der Waals surface area contributed by atoms with Gasteiger partial charge >= 0.3 is 0 Å². The molecule has 0 saturated carbocycles. The summed E-state index contributed by atoms with van der Waals surface area (Å²) in [7, 11) is -3.44. The second kappa shape index (κ2) is 6.52. The highest BCUT2D eigenvalue weighted by molar-refractivity contribution is 7.89. The number of fused-ring (bicyclic) bond motifs is 1. The molecule has 2 aromatic carbocycles. The molecule has 0 bridgehead atoms. The zero-order chi connectivity index (χ0) is 17.4. The molecule has 6 heteroatoms. The van der Waals surface area contributed by atoms with E-state index in [0.717, 1.165) is 33.6 Å². The van der Waals surface area contributed by atoms with Gasteiger partial charge in [-0.05, 0) is 44.0 Å². The van der Waals surface area contributed by atoms with Crippen LogP contribution in [0.25, 0.3) is 10.2 Å². The fraction of sp³-hybridized carbons (Fsp3) is 0.316. The molecule has 0 unspecified atom stereocenters. The molecule has 1 atom stereocenters. The summed E-state index contributed by atoms with van der Waals surface area (Å²) in [5, 5.41) is 1.05. The molecule has 1 fully saturated rings. The maximum absolute atomic E-state index is 13.0. The number of piperidine rings is 1. The van der Waals surface area contributed by atoms with E-state index in [1.54, 1.807) is 27.8 Å². The molecule has 4 rings (SSSR count). The average molecular weight is 373 g/mol. The second-order valence-corrected chi connectivity index (χ2v) is 9.54. The van der Waals surface area contributed by atoms with Crippen LogP contribution < -0.4 is 0 Å². The quantitative estimate of drug-likeness (QED) is 0.693. The molecular formula is C19H20N2O2S2. The average Bonchev–Trinajstić information content (AvgIpc) is 3.06. The van der Waals surface area contributed by atoms with Gasteiger partial charge in [-0.15, -0.1) is 11.3 Å². The summed E-state index contributed by atoms with van der Waals surface area (Å²) < 4.78 is 28.7. The zero-order valence-electron chi connectivity index (χ0n) is 14.1. The van der Waals surface area contributed by atoms with E-state index in [0.29, 0.717) is 18.0 Å². The molecule has 0 aliphatic carbocycles. The third-order valence-electron chi connectivity index (χ3n) is 4.70. The van der Waals surface area contributed by atoms with E-state index in [-0.39, 0.29) is 5.92 Å². The number of hydrogen-bond acceptors (Lipinski definition) is 4. The van der Waals surface area contributed by atoms with Crippen LogP contribution >= 0.6 is 11.3 Å². The first-order valence-electron chi connectivity index (χ1n) is 8.46. The minimum atomic E-state index is -3.44. The molecule has 130 valence electrons. The Morgan fingerprint density at radius 2 is 1.88 bits per heavy atom. The maximum Gasteiger partial charge on any atom is 0.243 e. The highest BCUT2D eigenvalue weighted by atomic mass is 32.2. The molecule has 0 N–H and O–H groups in total. The van der Waals surface area contributed by atoms with Crippen molar-refractivity contribution in [3.63, 3.8) is 0 Å². The Labute approximate surface area is 152 Å². The smallest absolute Gasteiger partial charge is 0.241 e. The lowest BCUT2D eigenvalue weighted by Crippen LogP contribution is -2.39. The van der Waals surface area contributed by atoms with Crippen molar-refractivity contribution in [3.8, 4) is 0 Å².